The van der Waals surface area contributed by atoms with E-state index >= 15 is 0 Å². The van der Waals surface area contributed by atoms with E-state index in [1.165, 1.54) is 23.3 Å². The van der Waals surface area contributed by atoms with Crippen LogP contribution in [-0.2, 0) is 11.3 Å². The fraction of sp³-hybridized carbons (Fsp3) is 0.333. The van der Waals surface area contributed by atoms with Gasteiger partial charge < -0.3 is 5.32 Å². The fourth-order valence-corrected chi connectivity index (χ4v) is 3.51. The highest BCUT2D eigenvalue weighted by Gasteiger charge is 2.19. The number of thioether (sulfide) groups is 1. The van der Waals surface area contributed by atoms with E-state index in [1.54, 1.807) is 4.68 Å². The molecule has 0 aliphatic heterocycles. The maximum atomic E-state index is 12.3. The highest BCUT2D eigenvalue weighted by molar-refractivity contribution is 8.00. The Morgan fingerprint density at radius 2 is 2.20 bits per heavy atom. The van der Waals surface area contributed by atoms with E-state index in [4.69, 9.17) is 0 Å². The average Bonchev–Trinajstić information content (AvgIpc) is 3.21. The van der Waals surface area contributed by atoms with Crippen molar-refractivity contribution >= 4 is 29.2 Å². The third-order valence-corrected chi connectivity index (χ3v) is 5.36. The van der Waals surface area contributed by atoms with E-state index in [2.05, 4.69) is 30.4 Å². The molecule has 1 aromatic carbocycles. The van der Waals surface area contributed by atoms with E-state index in [9.17, 15) is 4.79 Å². The second kappa shape index (κ2) is 7.70. The summed E-state index contributed by atoms with van der Waals surface area (Å²) in [5, 5.41) is 18.9. The smallest absolute Gasteiger partial charge is 0.233 e. The number of carbonyl (C=O) groups excluding carboxylic acids is 1. The Morgan fingerprint density at radius 1 is 1.36 bits per heavy atom. The summed E-state index contributed by atoms with van der Waals surface area (Å²) >= 11 is 2.60. The van der Waals surface area contributed by atoms with Crippen LogP contribution in [0.25, 0.3) is 5.69 Å². The van der Waals surface area contributed by atoms with Gasteiger partial charge in [-0.05, 0) is 60.4 Å². The molecule has 130 valence electrons. The first-order valence-corrected chi connectivity index (χ1v) is 9.27. The van der Waals surface area contributed by atoms with E-state index in [-0.39, 0.29) is 11.2 Å². The van der Waals surface area contributed by atoms with E-state index in [0.29, 0.717) is 11.7 Å². The number of amides is 1. The van der Waals surface area contributed by atoms with Crippen molar-refractivity contribution in [3.05, 3.63) is 40.4 Å². The molecule has 2 heterocycles. The summed E-state index contributed by atoms with van der Waals surface area (Å²) in [6, 6.07) is 7.87. The van der Waals surface area contributed by atoms with Gasteiger partial charge in [-0.3, -0.25) is 4.79 Å². The number of hydrogen-bond acceptors (Lipinski definition) is 8. The zero-order valence-electron chi connectivity index (χ0n) is 14.0. The van der Waals surface area contributed by atoms with Gasteiger partial charge in [0.25, 0.3) is 0 Å². The van der Waals surface area contributed by atoms with Gasteiger partial charge >= 0.3 is 0 Å². The third-order valence-electron chi connectivity index (χ3n) is 3.51. The first-order valence-electron chi connectivity index (χ1n) is 7.62. The number of aromatic nitrogens is 6. The number of hydrogen-bond donors (Lipinski definition) is 1. The Bertz CT molecular complexity index is 876. The molecule has 0 aliphatic rings. The second-order valence-corrected chi connectivity index (χ2v) is 7.62. The molecule has 25 heavy (non-hydrogen) atoms. The quantitative estimate of drug-likeness (QED) is 0.657. The van der Waals surface area contributed by atoms with Gasteiger partial charge in [0.2, 0.25) is 11.1 Å². The van der Waals surface area contributed by atoms with Crippen molar-refractivity contribution in [2.75, 3.05) is 0 Å². The van der Waals surface area contributed by atoms with Gasteiger partial charge in [0, 0.05) is 0 Å². The number of carbonyl (C=O) groups is 1. The molecule has 0 radical (unpaired) electrons. The van der Waals surface area contributed by atoms with Crippen LogP contribution in [0.15, 0.2) is 29.4 Å². The molecule has 0 fully saturated rings. The lowest BCUT2D eigenvalue weighted by Gasteiger charge is -2.11. The number of tetrazole rings is 1. The van der Waals surface area contributed by atoms with Crippen molar-refractivity contribution in [1.82, 2.24) is 35.1 Å². The SMILES string of the molecule is Cc1cccc(-n2nnnc2SC(C)C(=O)NCc2snnc2C)c1. The van der Waals surface area contributed by atoms with Crippen molar-refractivity contribution in [1.29, 1.82) is 0 Å². The maximum absolute atomic E-state index is 12.3. The van der Waals surface area contributed by atoms with Crippen LogP contribution < -0.4 is 5.32 Å². The van der Waals surface area contributed by atoms with Crippen molar-refractivity contribution in [3.8, 4) is 5.69 Å². The highest BCUT2D eigenvalue weighted by atomic mass is 32.2. The molecule has 0 aliphatic carbocycles. The Morgan fingerprint density at radius 3 is 2.92 bits per heavy atom. The highest BCUT2D eigenvalue weighted by Crippen LogP contribution is 2.23. The van der Waals surface area contributed by atoms with Crippen LogP contribution in [0.3, 0.4) is 0 Å². The second-order valence-electron chi connectivity index (χ2n) is 5.47. The van der Waals surface area contributed by atoms with Gasteiger partial charge in [0.15, 0.2) is 0 Å². The summed E-state index contributed by atoms with van der Waals surface area (Å²) in [5.74, 6) is -0.0865. The lowest BCUT2D eigenvalue weighted by molar-refractivity contribution is -0.120. The third kappa shape index (κ3) is 4.20. The molecule has 0 bridgehead atoms. The van der Waals surface area contributed by atoms with E-state index in [1.807, 2.05) is 45.0 Å². The molecule has 0 saturated carbocycles. The van der Waals surface area contributed by atoms with Crippen LogP contribution >= 0.6 is 23.3 Å². The summed E-state index contributed by atoms with van der Waals surface area (Å²) < 4.78 is 5.50. The number of nitrogens with zero attached hydrogens (tertiary/aromatic N) is 6. The topological polar surface area (TPSA) is 98.5 Å². The first kappa shape index (κ1) is 17.5. The van der Waals surface area contributed by atoms with Crippen molar-refractivity contribution in [3.63, 3.8) is 0 Å². The molecule has 1 amide bonds. The van der Waals surface area contributed by atoms with Crippen LogP contribution in [0, 0.1) is 13.8 Å². The Hall–Kier alpha value is -2.33. The van der Waals surface area contributed by atoms with Crippen LogP contribution in [0.1, 0.15) is 23.1 Å². The first-order chi connectivity index (χ1) is 12.0. The van der Waals surface area contributed by atoms with Crippen LogP contribution in [0.4, 0.5) is 0 Å². The molecule has 0 spiro atoms. The largest absolute Gasteiger partial charge is 0.350 e. The molecule has 1 N–H and O–H groups in total. The van der Waals surface area contributed by atoms with Crippen molar-refractivity contribution in [2.24, 2.45) is 0 Å². The van der Waals surface area contributed by atoms with Gasteiger partial charge in [-0.25, -0.2) is 0 Å². The Balaban J connectivity index is 1.65. The summed E-state index contributed by atoms with van der Waals surface area (Å²) in [6.07, 6.45) is 0. The monoisotopic (exact) mass is 375 g/mol. The minimum absolute atomic E-state index is 0.0865. The zero-order chi connectivity index (χ0) is 17.8. The standard InChI is InChI=1S/C15H17N7OS2/c1-9-5-4-6-12(7-9)22-15(18-19-20-22)24-11(3)14(23)16-8-13-10(2)17-21-25-13/h4-7,11H,8H2,1-3H3,(H,16,23). The Kier molecular flexibility index (Phi) is 5.39. The predicted molar refractivity (Wildman–Crippen MR) is 95.7 cm³/mol. The lowest BCUT2D eigenvalue weighted by Crippen LogP contribution is -2.30. The van der Waals surface area contributed by atoms with Crippen LogP contribution in [-0.4, -0.2) is 41.0 Å². The lowest BCUT2D eigenvalue weighted by atomic mass is 10.2. The maximum Gasteiger partial charge on any atom is 0.233 e. The van der Waals surface area contributed by atoms with Gasteiger partial charge in [-0.1, -0.05) is 28.4 Å². The number of aryl methyl sites for hydroxylation is 2. The predicted octanol–water partition coefficient (Wildman–Crippen LogP) is 1.93. The van der Waals surface area contributed by atoms with Gasteiger partial charge in [0.05, 0.1) is 28.1 Å². The molecular formula is C15H17N7OS2. The molecule has 10 heteroatoms. The van der Waals surface area contributed by atoms with Gasteiger partial charge in [-0.2, -0.15) is 4.68 Å². The fourth-order valence-electron chi connectivity index (χ4n) is 2.11. The normalized spacial score (nSPS) is 12.1. The molecule has 2 aromatic heterocycles. The number of benzene rings is 1. The minimum atomic E-state index is -0.337. The zero-order valence-corrected chi connectivity index (χ0v) is 15.6. The van der Waals surface area contributed by atoms with Crippen LogP contribution in [0.5, 0.6) is 0 Å². The summed E-state index contributed by atoms with van der Waals surface area (Å²) in [7, 11) is 0. The van der Waals surface area contributed by atoms with Gasteiger partial charge in [0.1, 0.15) is 0 Å². The molecular weight excluding hydrogens is 358 g/mol. The van der Waals surface area contributed by atoms with Crippen LogP contribution in [0.2, 0.25) is 0 Å². The molecule has 1 atom stereocenters. The molecule has 8 nitrogen and oxygen atoms in total. The Labute approximate surface area is 153 Å². The average molecular weight is 375 g/mol. The summed E-state index contributed by atoms with van der Waals surface area (Å²) in [4.78, 5) is 13.3. The number of nitrogens with one attached hydrogen (secondary N) is 1. The summed E-state index contributed by atoms with van der Waals surface area (Å²) in [6.45, 7) is 6.13. The molecule has 0 saturated heterocycles. The van der Waals surface area contributed by atoms with Gasteiger partial charge in [-0.15, -0.1) is 10.2 Å². The minimum Gasteiger partial charge on any atom is -0.350 e. The molecule has 1 unspecified atom stereocenters. The van der Waals surface area contributed by atoms with Crippen molar-refractivity contribution < 1.29 is 4.79 Å². The number of rotatable bonds is 6. The van der Waals surface area contributed by atoms with E-state index in [0.717, 1.165) is 21.8 Å². The van der Waals surface area contributed by atoms with E-state index < -0.39 is 0 Å². The molecule has 3 rings (SSSR count). The molecule has 3 aromatic rings. The van der Waals surface area contributed by atoms with Crippen molar-refractivity contribution in [2.45, 2.75) is 37.7 Å². The summed E-state index contributed by atoms with van der Waals surface area (Å²) in [5.41, 5.74) is 2.82.